The van der Waals surface area contributed by atoms with Gasteiger partial charge < -0.3 is 9.30 Å². The Morgan fingerprint density at radius 1 is 1.12 bits per heavy atom. The Bertz CT molecular complexity index is 1410. The van der Waals surface area contributed by atoms with Gasteiger partial charge in [-0.25, -0.2) is 4.98 Å². The fraction of sp³-hybridized carbons (Fsp3) is 0.208. The lowest BCUT2D eigenvalue weighted by molar-refractivity contribution is -0.384. The van der Waals surface area contributed by atoms with E-state index in [9.17, 15) is 19.7 Å². The quantitative estimate of drug-likeness (QED) is 0.262. The summed E-state index contributed by atoms with van der Waals surface area (Å²) in [5, 5.41) is 13.0. The van der Waals surface area contributed by atoms with Crippen LogP contribution in [0.25, 0.3) is 21.9 Å². The van der Waals surface area contributed by atoms with Gasteiger partial charge in [0.25, 0.3) is 11.6 Å². The molecule has 1 aliphatic rings. The number of hydrogen-bond acceptors (Lipinski definition) is 6. The highest BCUT2D eigenvalue weighted by Crippen LogP contribution is 2.36. The summed E-state index contributed by atoms with van der Waals surface area (Å²) in [7, 11) is 1.57. The molecule has 1 atom stereocenters. The molecule has 0 bridgehead atoms. The number of imide groups is 1. The monoisotopic (exact) mass is 444 g/mol. The maximum Gasteiger partial charge on any atom is 0.271 e. The average Bonchev–Trinajstić information content (AvgIpc) is 3.16. The molecule has 5 rings (SSSR count). The van der Waals surface area contributed by atoms with Crippen molar-refractivity contribution in [3.05, 3.63) is 76.5 Å². The van der Waals surface area contributed by atoms with Crippen molar-refractivity contribution in [2.75, 3.05) is 7.11 Å². The van der Waals surface area contributed by atoms with Crippen LogP contribution < -0.4 is 4.74 Å². The first-order valence-corrected chi connectivity index (χ1v) is 10.5. The topological polar surface area (TPSA) is 108 Å². The summed E-state index contributed by atoms with van der Waals surface area (Å²) in [6.45, 7) is 0.142. The number of carbonyl (C=O) groups excluding carboxylic acids is 2. The summed E-state index contributed by atoms with van der Waals surface area (Å²) < 4.78 is 6.91. The van der Waals surface area contributed by atoms with Gasteiger partial charge in [0.2, 0.25) is 5.91 Å². The van der Waals surface area contributed by atoms with Crippen LogP contribution in [0.15, 0.2) is 60.8 Å². The maximum atomic E-state index is 13.6. The molecule has 9 nitrogen and oxygen atoms in total. The van der Waals surface area contributed by atoms with Crippen LogP contribution in [0.3, 0.4) is 0 Å². The third-order valence-corrected chi connectivity index (χ3v) is 6.05. The van der Waals surface area contributed by atoms with E-state index in [1.807, 2.05) is 18.2 Å². The Morgan fingerprint density at radius 3 is 2.64 bits per heavy atom. The lowest BCUT2D eigenvalue weighted by Crippen LogP contribution is -2.45. The highest BCUT2D eigenvalue weighted by molar-refractivity contribution is 6.09. The minimum atomic E-state index is -0.696. The van der Waals surface area contributed by atoms with Gasteiger partial charge in [0.05, 0.1) is 24.1 Å². The third kappa shape index (κ3) is 3.47. The van der Waals surface area contributed by atoms with Crippen molar-refractivity contribution in [2.45, 2.75) is 25.4 Å². The van der Waals surface area contributed by atoms with E-state index in [2.05, 4.69) is 4.98 Å². The number of methoxy groups -OCH3 is 1. The second-order valence-electron chi connectivity index (χ2n) is 7.92. The van der Waals surface area contributed by atoms with Crippen LogP contribution in [0, 0.1) is 10.1 Å². The van der Waals surface area contributed by atoms with Crippen LogP contribution in [-0.2, 0) is 16.1 Å². The highest BCUT2D eigenvalue weighted by atomic mass is 16.6. The normalized spacial score (nSPS) is 16.5. The molecule has 0 aliphatic carbocycles. The highest BCUT2D eigenvalue weighted by Gasteiger charge is 2.37. The molecule has 0 spiro atoms. The number of likely N-dealkylation sites (tertiary alicyclic amines) is 1. The number of piperidine rings is 1. The van der Waals surface area contributed by atoms with Crippen molar-refractivity contribution in [1.29, 1.82) is 0 Å². The molecule has 4 aromatic rings. The molecule has 2 amide bonds. The molecule has 166 valence electrons. The molecule has 0 N–H and O–H groups in total. The first kappa shape index (κ1) is 20.6. The van der Waals surface area contributed by atoms with Crippen LogP contribution in [0.5, 0.6) is 5.75 Å². The summed E-state index contributed by atoms with van der Waals surface area (Å²) in [6.07, 6.45) is 2.12. The number of pyridine rings is 1. The average molecular weight is 444 g/mol. The number of benzene rings is 2. The van der Waals surface area contributed by atoms with Crippen molar-refractivity contribution in [1.82, 2.24) is 14.5 Å². The molecule has 33 heavy (non-hydrogen) atoms. The summed E-state index contributed by atoms with van der Waals surface area (Å²) in [6, 6.07) is 14.7. The molecule has 1 aliphatic heterocycles. The number of nitro groups is 1. The van der Waals surface area contributed by atoms with Crippen LogP contribution >= 0.6 is 0 Å². The zero-order valence-electron chi connectivity index (χ0n) is 17.8. The van der Waals surface area contributed by atoms with E-state index >= 15 is 0 Å². The molecule has 1 fully saturated rings. The summed E-state index contributed by atoms with van der Waals surface area (Å²) >= 11 is 0. The zero-order chi connectivity index (χ0) is 23.1. The van der Waals surface area contributed by atoms with E-state index in [0.29, 0.717) is 23.3 Å². The third-order valence-electron chi connectivity index (χ3n) is 6.05. The van der Waals surface area contributed by atoms with Crippen molar-refractivity contribution in [3.8, 4) is 5.75 Å². The molecule has 0 radical (unpaired) electrons. The number of nitro benzene ring substituents is 1. The smallest absolute Gasteiger partial charge is 0.271 e. The molecule has 3 heterocycles. The van der Waals surface area contributed by atoms with Crippen molar-refractivity contribution < 1.29 is 19.2 Å². The Balaban J connectivity index is 1.59. The number of nitrogens with zero attached hydrogens (tertiary/aromatic N) is 4. The van der Waals surface area contributed by atoms with Crippen LogP contribution in [0.2, 0.25) is 0 Å². The van der Waals surface area contributed by atoms with Gasteiger partial charge in [-0.05, 0) is 42.3 Å². The van der Waals surface area contributed by atoms with Gasteiger partial charge in [-0.1, -0.05) is 12.1 Å². The summed E-state index contributed by atoms with van der Waals surface area (Å²) in [4.78, 5) is 42.9. The molecule has 1 saturated heterocycles. The lowest BCUT2D eigenvalue weighted by Gasteiger charge is -2.32. The van der Waals surface area contributed by atoms with Crippen LogP contribution in [0.1, 0.15) is 24.4 Å². The first-order valence-electron chi connectivity index (χ1n) is 10.5. The van der Waals surface area contributed by atoms with Gasteiger partial charge in [0, 0.05) is 35.5 Å². The fourth-order valence-corrected chi connectivity index (χ4v) is 4.43. The van der Waals surface area contributed by atoms with Gasteiger partial charge >= 0.3 is 0 Å². The minimum absolute atomic E-state index is 0.0685. The molecule has 2 aromatic heterocycles. The van der Waals surface area contributed by atoms with E-state index in [-0.39, 0.29) is 30.5 Å². The predicted octanol–water partition coefficient (Wildman–Crippen LogP) is 4.00. The van der Waals surface area contributed by atoms with E-state index in [0.717, 1.165) is 16.3 Å². The SMILES string of the molecule is COc1ccc(CN2C(=O)CCC(n3c4cc([N+](=O)[O-])ccc4c4cccnc43)C2=O)cc1. The number of amides is 2. The largest absolute Gasteiger partial charge is 0.497 e. The number of non-ortho nitro benzene ring substituents is 1. The van der Waals surface area contributed by atoms with E-state index in [4.69, 9.17) is 4.74 Å². The van der Waals surface area contributed by atoms with E-state index in [1.165, 1.54) is 17.0 Å². The van der Waals surface area contributed by atoms with Gasteiger partial charge in [-0.15, -0.1) is 0 Å². The predicted molar refractivity (Wildman–Crippen MR) is 121 cm³/mol. The Morgan fingerprint density at radius 2 is 1.91 bits per heavy atom. The summed E-state index contributed by atoms with van der Waals surface area (Å²) in [5.41, 5.74) is 1.84. The Labute approximate surface area is 188 Å². The molecule has 0 saturated carbocycles. The minimum Gasteiger partial charge on any atom is -0.497 e. The molecular weight excluding hydrogens is 424 g/mol. The van der Waals surface area contributed by atoms with Gasteiger partial charge in [0.15, 0.2) is 0 Å². The number of hydrogen-bond donors (Lipinski definition) is 0. The number of ether oxygens (including phenoxy) is 1. The second-order valence-corrected chi connectivity index (χ2v) is 7.92. The van der Waals surface area contributed by atoms with E-state index in [1.54, 1.807) is 42.1 Å². The zero-order valence-corrected chi connectivity index (χ0v) is 17.8. The van der Waals surface area contributed by atoms with Gasteiger partial charge in [-0.2, -0.15) is 0 Å². The maximum absolute atomic E-state index is 13.6. The number of aromatic nitrogens is 2. The molecule has 9 heteroatoms. The molecular formula is C24H20N4O5. The first-order chi connectivity index (χ1) is 16.0. The molecule has 1 unspecified atom stereocenters. The van der Waals surface area contributed by atoms with Gasteiger partial charge in [-0.3, -0.25) is 24.6 Å². The number of rotatable bonds is 5. The number of fused-ring (bicyclic) bond motifs is 3. The Hall–Kier alpha value is -4.27. The standard InChI is InChI=1S/C24H20N4O5/c1-33-17-7-4-15(5-8-17)14-26-22(29)11-10-20(24(26)30)27-21-13-16(28(31)32)6-9-18(21)19-3-2-12-25-23(19)27/h2-9,12-13,20H,10-11,14H2,1H3. The van der Waals surface area contributed by atoms with Gasteiger partial charge in [0.1, 0.15) is 17.4 Å². The lowest BCUT2D eigenvalue weighted by atomic mass is 10.0. The Kier molecular flexibility index (Phi) is 5.01. The fourth-order valence-electron chi connectivity index (χ4n) is 4.43. The van der Waals surface area contributed by atoms with Crippen LogP contribution in [-0.4, -0.2) is 38.3 Å². The van der Waals surface area contributed by atoms with Crippen LogP contribution in [0.4, 0.5) is 5.69 Å². The number of carbonyl (C=O) groups is 2. The molecule has 2 aromatic carbocycles. The van der Waals surface area contributed by atoms with Crippen molar-refractivity contribution >= 4 is 39.4 Å². The van der Waals surface area contributed by atoms with E-state index < -0.39 is 11.0 Å². The summed E-state index contributed by atoms with van der Waals surface area (Å²) in [5.74, 6) is 0.0932. The second kappa shape index (κ2) is 8.01. The van der Waals surface area contributed by atoms with Crippen molar-refractivity contribution in [2.24, 2.45) is 0 Å². The van der Waals surface area contributed by atoms with Crippen molar-refractivity contribution in [3.63, 3.8) is 0 Å².